The van der Waals surface area contributed by atoms with Crippen molar-refractivity contribution in [2.45, 2.75) is 13.5 Å². The van der Waals surface area contributed by atoms with Crippen LogP contribution in [0.5, 0.6) is 0 Å². The Kier molecular flexibility index (Phi) is 4.10. The van der Waals surface area contributed by atoms with Crippen LogP contribution in [0.15, 0.2) is 21.9 Å². The Balaban J connectivity index is 2.84. The van der Waals surface area contributed by atoms with Crippen molar-refractivity contribution >= 4 is 5.96 Å². The number of rotatable bonds is 2. The van der Waals surface area contributed by atoms with E-state index in [4.69, 9.17) is 0 Å². The first-order valence-corrected chi connectivity index (χ1v) is 5.14. The molecule has 5 nitrogen and oxygen atoms in total. The summed E-state index contributed by atoms with van der Waals surface area (Å²) in [4.78, 5) is 15.8. The Hall–Kier alpha value is -1.78. The predicted molar refractivity (Wildman–Crippen MR) is 65.7 cm³/mol. The summed E-state index contributed by atoms with van der Waals surface area (Å²) in [5.74, 6) is 0.669. The highest BCUT2D eigenvalue weighted by Gasteiger charge is 2.03. The molecular formula is C11H18N4O. The van der Waals surface area contributed by atoms with Gasteiger partial charge in [-0.05, 0) is 13.0 Å². The van der Waals surface area contributed by atoms with Crippen molar-refractivity contribution < 1.29 is 0 Å². The molecule has 0 radical (unpaired) electrons. The van der Waals surface area contributed by atoms with Gasteiger partial charge in [0.05, 0.1) is 0 Å². The normalized spacial score (nSPS) is 11.4. The van der Waals surface area contributed by atoms with Gasteiger partial charge in [-0.15, -0.1) is 0 Å². The maximum atomic E-state index is 11.8. The molecule has 0 spiro atoms. The average molecular weight is 222 g/mol. The van der Waals surface area contributed by atoms with Gasteiger partial charge in [0.2, 0.25) is 0 Å². The molecule has 0 saturated heterocycles. The molecule has 1 aromatic heterocycles. The highest BCUT2D eigenvalue weighted by molar-refractivity contribution is 5.79. The largest absolute Gasteiger partial charge is 0.359 e. The summed E-state index contributed by atoms with van der Waals surface area (Å²) < 4.78 is 1.64. The summed E-state index contributed by atoms with van der Waals surface area (Å²) >= 11 is 0. The van der Waals surface area contributed by atoms with Gasteiger partial charge in [-0.2, -0.15) is 0 Å². The van der Waals surface area contributed by atoms with E-state index in [0.29, 0.717) is 12.5 Å². The Labute approximate surface area is 95.2 Å². The second-order valence-corrected chi connectivity index (χ2v) is 3.54. The SMILES string of the molecule is CN=C(NC)NCc1ccc(C)n(C)c1=O. The number of hydrogen-bond acceptors (Lipinski definition) is 2. The zero-order chi connectivity index (χ0) is 12.1. The molecule has 1 rings (SSSR count). The molecule has 0 aliphatic carbocycles. The fourth-order valence-corrected chi connectivity index (χ4v) is 1.37. The van der Waals surface area contributed by atoms with Crippen LogP contribution in [0.25, 0.3) is 0 Å². The van der Waals surface area contributed by atoms with Crippen LogP contribution in [0.3, 0.4) is 0 Å². The number of guanidine groups is 1. The minimum absolute atomic E-state index is 0.0269. The molecule has 0 saturated carbocycles. The molecular weight excluding hydrogens is 204 g/mol. The lowest BCUT2D eigenvalue weighted by Gasteiger charge is -2.10. The molecule has 0 bridgehead atoms. The molecule has 1 aromatic rings. The highest BCUT2D eigenvalue weighted by Crippen LogP contribution is 1.96. The molecule has 1 heterocycles. The van der Waals surface area contributed by atoms with E-state index < -0.39 is 0 Å². The molecule has 0 aliphatic rings. The molecule has 0 aliphatic heterocycles. The fourth-order valence-electron chi connectivity index (χ4n) is 1.37. The summed E-state index contributed by atoms with van der Waals surface area (Å²) in [6, 6.07) is 3.77. The number of aromatic nitrogens is 1. The fraction of sp³-hybridized carbons (Fsp3) is 0.455. The summed E-state index contributed by atoms with van der Waals surface area (Å²) in [6.45, 7) is 2.38. The van der Waals surface area contributed by atoms with Crippen molar-refractivity contribution in [2.75, 3.05) is 14.1 Å². The van der Waals surface area contributed by atoms with Gasteiger partial charge in [0.25, 0.3) is 5.56 Å². The van der Waals surface area contributed by atoms with Crippen LogP contribution in [0.4, 0.5) is 0 Å². The van der Waals surface area contributed by atoms with Crippen LogP contribution in [-0.4, -0.2) is 24.6 Å². The summed E-state index contributed by atoms with van der Waals surface area (Å²) in [7, 11) is 5.24. The zero-order valence-corrected chi connectivity index (χ0v) is 10.2. The molecule has 88 valence electrons. The number of aliphatic imine (C=N–C) groups is 1. The molecule has 2 N–H and O–H groups in total. The van der Waals surface area contributed by atoms with Crippen LogP contribution in [0, 0.1) is 6.92 Å². The van der Waals surface area contributed by atoms with E-state index in [1.165, 1.54) is 0 Å². The molecule has 0 fully saturated rings. The minimum Gasteiger partial charge on any atom is -0.359 e. The number of aryl methyl sites for hydroxylation is 1. The van der Waals surface area contributed by atoms with Gasteiger partial charge in [0.15, 0.2) is 5.96 Å². The van der Waals surface area contributed by atoms with E-state index in [-0.39, 0.29) is 5.56 Å². The van der Waals surface area contributed by atoms with Gasteiger partial charge in [0, 0.05) is 38.9 Å². The Morgan fingerprint density at radius 3 is 2.75 bits per heavy atom. The van der Waals surface area contributed by atoms with Crippen LogP contribution < -0.4 is 16.2 Å². The van der Waals surface area contributed by atoms with Gasteiger partial charge < -0.3 is 15.2 Å². The quantitative estimate of drug-likeness (QED) is 0.546. The van der Waals surface area contributed by atoms with Crippen molar-refractivity contribution in [3.05, 3.63) is 33.7 Å². The lowest BCUT2D eigenvalue weighted by atomic mass is 10.2. The van der Waals surface area contributed by atoms with E-state index in [2.05, 4.69) is 15.6 Å². The Morgan fingerprint density at radius 1 is 1.50 bits per heavy atom. The Morgan fingerprint density at radius 2 is 2.19 bits per heavy atom. The average Bonchev–Trinajstić information content (AvgIpc) is 2.30. The summed E-state index contributed by atoms with van der Waals surface area (Å²) in [6.07, 6.45) is 0. The lowest BCUT2D eigenvalue weighted by molar-refractivity contribution is 0.772. The third-order valence-corrected chi connectivity index (χ3v) is 2.54. The first kappa shape index (κ1) is 12.3. The number of nitrogens with zero attached hydrogens (tertiary/aromatic N) is 2. The predicted octanol–water partition coefficient (Wildman–Crippen LogP) is -0.0115. The summed E-state index contributed by atoms with van der Waals surface area (Å²) in [5.41, 5.74) is 1.70. The summed E-state index contributed by atoms with van der Waals surface area (Å²) in [5, 5.41) is 5.95. The van der Waals surface area contributed by atoms with Gasteiger partial charge in [-0.3, -0.25) is 9.79 Å². The molecule has 0 aromatic carbocycles. The van der Waals surface area contributed by atoms with Gasteiger partial charge in [-0.25, -0.2) is 0 Å². The molecule has 16 heavy (non-hydrogen) atoms. The zero-order valence-electron chi connectivity index (χ0n) is 10.2. The third-order valence-electron chi connectivity index (χ3n) is 2.54. The lowest BCUT2D eigenvalue weighted by Crippen LogP contribution is -2.36. The maximum Gasteiger partial charge on any atom is 0.255 e. The Bertz CT molecular complexity index is 448. The van der Waals surface area contributed by atoms with Gasteiger partial charge in [0.1, 0.15) is 0 Å². The highest BCUT2D eigenvalue weighted by atomic mass is 16.1. The van der Waals surface area contributed by atoms with E-state index >= 15 is 0 Å². The molecule has 0 unspecified atom stereocenters. The van der Waals surface area contributed by atoms with Crippen molar-refractivity contribution in [2.24, 2.45) is 12.0 Å². The first-order chi connectivity index (χ1) is 7.60. The second-order valence-electron chi connectivity index (χ2n) is 3.54. The topological polar surface area (TPSA) is 58.4 Å². The van der Waals surface area contributed by atoms with Crippen molar-refractivity contribution in [3.8, 4) is 0 Å². The van der Waals surface area contributed by atoms with E-state index in [9.17, 15) is 4.79 Å². The van der Waals surface area contributed by atoms with E-state index in [1.807, 2.05) is 19.1 Å². The molecule has 0 amide bonds. The van der Waals surface area contributed by atoms with Gasteiger partial charge >= 0.3 is 0 Å². The monoisotopic (exact) mass is 222 g/mol. The van der Waals surface area contributed by atoms with Crippen LogP contribution in [0.1, 0.15) is 11.3 Å². The van der Waals surface area contributed by atoms with Crippen molar-refractivity contribution in [1.82, 2.24) is 15.2 Å². The molecule has 5 heteroatoms. The first-order valence-electron chi connectivity index (χ1n) is 5.14. The number of pyridine rings is 1. The van der Waals surface area contributed by atoms with Crippen LogP contribution in [-0.2, 0) is 13.6 Å². The standard InChI is InChI=1S/C11H18N4O/c1-8-5-6-9(10(16)15(8)4)7-14-11(12-2)13-3/h5-6H,7H2,1-4H3,(H2,12,13,14). The smallest absolute Gasteiger partial charge is 0.255 e. The van der Waals surface area contributed by atoms with Crippen molar-refractivity contribution in [3.63, 3.8) is 0 Å². The van der Waals surface area contributed by atoms with Gasteiger partial charge in [-0.1, -0.05) is 6.07 Å². The van der Waals surface area contributed by atoms with Crippen molar-refractivity contribution in [1.29, 1.82) is 0 Å². The molecule has 0 atom stereocenters. The third kappa shape index (κ3) is 2.62. The van der Waals surface area contributed by atoms with Crippen LogP contribution in [0.2, 0.25) is 0 Å². The minimum atomic E-state index is 0.0269. The number of hydrogen-bond donors (Lipinski definition) is 2. The van der Waals surface area contributed by atoms with E-state index in [1.54, 1.807) is 25.7 Å². The number of nitrogens with one attached hydrogen (secondary N) is 2. The van der Waals surface area contributed by atoms with E-state index in [0.717, 1.165) is 11.3 Å². The maximum absolute atomic E-state index is 11.8. The van der Waals surface area contributed by atoms with Crippen LogP contribution >= 0.6 is 0 Å². The second kappa shape index (κ2) is 5.34.